The maximum atomic E-state index is 6.80. The highest BCUT2D eigenvalue weighted by atomic mass is 35.5. The molecule has 0 heterocycles. The summed E-state index contributed by atoms with van der Waals surface area (Å²) in [4.78, 5) is 0. The molecule has 0 aromatic heterocycles. The lowest BCUT2D eigenvalue weighted by molar-refractivity contribution is 0.408. The standard InChI is InChI=1S/C19H21ClO/c1-12-8-16(9-13(2)19(12)21-3)18(20)17-10-14-6-4-5-7-15(14)11-17/h4-9,17-18H,10-11H2,1-3H3. The Bertz CT molecular complexity index is 614. The molecule has 1 aliphatic carbocycles. The molecular weight excluding hydrogens is 280 g/mol. The molecule has 2 aromatic carbocycles. The molecule has 0 saturated heterocycles. The zero-order valence-electron chi connectivity index (χ0n) is 12.8. The van der Waals surface area contributed by atoms with Crippen molar-refractivity contribution in [1.82, 2.24) is 0 Å². The molecule has 2 aromatic rings. The Balaban J connectivity index is 1.86. The van der Waals surface area contributed by atoms with E-state index in [1.165, 1.54) is 16.7 Å². The summed E-state index contributed by atoms with van der Waals surface area (Å²) < 4.78 is 5.44. The fourth-order valence-electron chi connectivity index (χ4n) is 3.54. The second kappa shape index (κ2) is 5.73. The molecule has 21 heavy (non-hydrogen) atoms. The monoisotopic (exact) mass is 300 g/mol. The third-order valence-corrected chi connectivity index (χ3v) is 5.11. The number of benzene rings is 2. The van der Waals surface area contributed by atoms with Crippen LogP contribution in [0.25, 0.3) is 0 Å². The highest BCUT2D eigenvalue weighted by Gasteiger charge is 2.28. The second-order valence-electron chi connectivity index (χ2n) is 6.03. The molecule has 0 saturated carbocycles. The van der Waals surface area contributed by atoms with Gasteiger partial charge in [-0.15, -0.1) is 11.6 Å². The van der Waals surface area contributed by atoms with Gasteiger partial charge in [0, 0.05) is 0 Å². The van der Waals surface area contributed by atoms with E-state index in [-0.39, 0.29) is 5.38 Å². The van der Waals surface area contributed by atoms with Crippen LogP contribution in [0.3, 0.4) is 0 Å². The normalized spacial score (nSPS) is 15.8. The van der Waals surface area contributed by atoms with Crippen LogP contribution in [-0.4, -0.2) is 7.11 Å². The first-order valence-electron chi connectivity index (χ1n) is 7.46. The lowest BCUT2D eigenvalue weighted by Gasteiger charge is -2.20. The Kier molecular flexibility index (Phi) is 3.95. The van der Waals surface area contributed by atoms with E-state index in [2.05, 4.69) is 50.2 Å². The third kappa shape index (κ3) is 2.67. The summed E-state index contributed by atoms with van der Waals surface area (Å²) in [5.74, 6) is 1.45. The van der Waals surface area contributed by atoms with Crippen LogP contribution < -0.4 is 4.74 Å². The van der Waals surface area contributed by atoms with Gasteiger partial charge in [-0.1, -0.05) is 36.4 Å². The van der Waals surface area contributed by atoms with E-state index in [0.29, 0.717) is 5.92 Å². The van der Waals surface area contributed by atoms with Crippen molar-refractivity contribution in [2.75, 3.05) is 7.11 Å². The first-order chi connectivity index (χ1) is 10.1. The number of ether oxygens (including phenoxy) is 1. The van der Waals surface area contributed by atoms with Crippen molar-refractivity contribution in [3.05, 3.63) is 64.2 Å². The molecule has 0 spiro atoms. The zero-order valence-corrected chi connectivity index (χ0v) is 13.6. The Morgan fingerprint density at radius 3 is 2.05 bits per heavy atom. The topological polar surface area (TPSA) is 9.23 Å². The van der Waals surface area contributed by atoms with Crippen molar-refractivity contribution >= 4 is 11.6 Å². The Morgan fingerprint density at radius 2 is 1.57 bits per heavy atom. The lowest BCUT2D eigenvalue weighted by atomic mass is 9.93. The number of alkyl halides is 1. The molecule has 2 heteroatoms. The van der Waals surface area contributed by atoms with Crippen LogP contribution in [0.15, 0.2) is 36.4 Å². The summed E-state index contributed by atoms with van der Waals surface area (Å²) in [5.41, 5.74) is 6.44. The molecule has 0 radical (unpaired) electrons. The number of halogens is 1. The highest BCUT2D eigenvalue weighted by Crippen LogP contribution is 2.40. The molecule has 1 atom stereocenters. The highest BCUT2D eigenvalue weighted by molar-refractivity contribution is 6.21. The summed E-state index contributed by atoms with van der Waals surface area (Å²) in [7, 11) is 1.72. The summed E-state index contributed by atoms with van der Waals surface area (Å²) in [6, 6.07) is 13.0. The molecule has 1 nitrogen and oxygen atoms in total. The maximum absolute atomic E-state index is 6.80. The fraction of sp³-hybridized carbons (Fsp3) is 0.368. The minimum absolute atomic E-state index is 0.0562. The van der Waals surface area contributed by atoms with Crippen LogP contribution >= 0.6 is 11.6 Å². The van der Waals surface area contributed by atoms with Crippen LogP contribution in [0.4, 0.5) is 0 Å². The van der Waals surface area contributed by atoms with Crippen LogP contribution in [0.2, 0.25) is 0 Å². The van der Waals surface area contributed by atoms with E-state index >= 15 is 0 Å². The minimum Gasteiger partial charge on any atom is -0.496 e. The van der Waals surface area contributed by atoms with Gasteiger partial charge >= 0.3 is 0 Å². The maximum Gasteiger partial charge on any atom is 0.124 e. The Hall–Kier alpha value is -1.47. The molecule has 1 aliphatic rings. The molecular formula is C19H21ClO. The van der Waals surface area contributed by atoms with E-state index in [0.717, 1.165) is 29.7 Å². The minimum atomic E-state index is 0.0562. The van der Waals surface area contributed by atoms with E-state index < -0.39 is 0 Å². The predicted octanol–water partition coefficient (Wildman–Crippen LogP) is 5.01. The van der Waals surface area contributed by atoms with Gasteiger partial charge in [0.1, 0.15) is 5.75 Å². The number of hydrogen-bond acceptors (Lipinski definition) is 1. The fourth-order valence-corrected chi connectivity index (χ4v) is 3.84. The van der Waals surface area contributed by atoms with Crippen molar-refractivity contribution in [3.63, 3.8) is 0 Å². The lowest BCUT2D eigenvalue weighted by Crippen LogP contribution is -2.09. The molecule has 1 unspecified atom stereocenters. The van der Waals surface area contributed by atoms with Gasteiger partial charge in [-0.2, -0.15) is 0 Å². The second-order valence-corrected chi connectivity index (χ2v) is 6.50. The molecule has 0 bridgehead atoms. The first-order valence-corrected chi connectivity index (χ1v) is 7.89. The molecule has 0 fully saturated rings. The molecule has 0 N–H and O–H groups in total. The molecule has 0 amide bonds. The van der Waals surface area contributed by atoms with Crippen LogP contribution in [0, 0.1) is 19.8 Å². The van der Waals surface area contributed by atoms with Gasteiger partial charge in [-0.05, 0) is 60.4 Å². The van der Waals surface area contributed by atoms with Crippen molar-refractivity contribution in [2.24, 2.45) is 5.92 Å². The third-order valence-electron chi connectivity index (χ3n) is 4.50. The van der Waals surface area contributed by atoms with Gasteiger partial charge in [0.15, 0.2) is 0 Å². The molecule has 110 valence electrons. The average Bonchev–Trinajstić information content (AvgIpc) is 2.90. The van der Waals surface area contributed by atoms with Crippen molar-refractivity contribution in [1.29, 1.82) is 0 Å². The zero-order chi connectivity index (χ0) is 15.0. The van der Waals surface area contributed by atoms with Crippen LogP contribution in [0.5, 0.6) is 5.75 Å². The van der Waals surface area contributed by atoms with E-state index in [9.17, 15) is 0 Å². The number of rotatable bonds is 3. The van der Waals surface area contributed by atoms with Gasteiger partial charge in [-0.3, -0.25) is 0 Å². The average molecular weight is 301 g/mol. The number of methoxy groups -OCH3 is 1. The number of hydrogen-bond donors (Lipinski definition) is 0. The van der Waals surface area contributed by atoms with Gasteiger partial charge in [0.05, 0.1) is 12.5 Å². The largest absolute Gasteiger partial charge is 0.496 e. The van der Waals surface area contributed by atoms with Gasteiger partial charge in [-0.25, -0.2) is 0 Å². The molecule has 0 aliphatic heterocycles. The van der Waals surface area contributed by atoms with Crippen LogP contribution in [0.1, 0.15) is 33.2 Å². The van der Waals surface area contributed by atoms with Crippen LogP contribution in [-0.2, 0) is 12.8 Å². The Labute approximate surface area is 131 Å². The number of fused-ring (bicyclic) bond motifs is 1. The van der Waals surface area contributed by atoms with E-state index in [4.69, 9.17) is 16.3 Å². The van der Waals surface area contributed by atoms with Crippen molar-refractivity contribution in [2.45, 2.75) is 32.1 Å². The predicted molar refractivity (Wildman–Crippen MR) is 88.4 cm³/mol. The Morgan fingerprint density at radius 1 is 1.05 bits per heavy atom. The van der Waals surface area contributed by atoms with E-state index in [1.54, 1.807) is 7.11 Å². The smallest absolute Gasteiger partial charge is 0.124 e. The number of aryl methyl sites for hydroxylation is 2. The first kappa shape index (κ1) is 14.5. The molecule has 3 rings (SSSR count). The van der Waals surface area contributed by atoms with Gasteiger partial charge in [0.25, 0.3) is 0 Å². The summed E-state index contributed by atoms with van der Waals surface area (Å²) >= 11 is 6.80. The summed E-state index contributed by atoms with van der Waals surface area (Å²) in [5, 5.41) is 0.0562. The van der Waals surface area contributed by atoms with Crippen molar-refractivity contribution in [3.8, 4) is 5.75 Å². The van der Waals surface area contributed by atoms with Gasteiger partial charge in [0.2, 0.25) is 0 Å². The summed E-state index contributed by atoms with van der Waals surface area (Å²) in [6.07, 6.45) is 2.16. The summed E-state index contributed by atoms with van der Waals surface area (Å²) in [6.45, 7) is 4.17. The SMILES string of the molecule is COc1c(C)cc(C(Cl)C2Cc3ccccc3C2)cc1C. The quantitative estimate of drug-likeness (QED) is 0.724. The van der Waals surface area contributed by atoms with E-state index in [1.807, 2.05) is 0 Å². The van der Waals surface area contributed by atoms with Gasteiger partial charge < -0.3 is 4.74 Å². The van der Waals surface area contributed by atoms with Crippen molar-refractivity contribution < 1.29 is 4.74 Å².